The monoisotopic (exact) mass is 324 g/mol. The Labute approximate surface area is 130 Å². The maximum Gasteiger partial charge on any atom is 0.268 e. The molecule has 1 saturated heterocycles. The normalized spacial score (nSPS) is 21.6. The minimum absolute atomic E-state index is 0.191. The summed E-state index contributed by atoms with van der Waals surface area (Å²) < 4.78 is 32.4. The smallest absolute Gasteiger partial charge is 0.268 e. The molecule has 0 spiro atoms. The van der Waals surface area contributed by atoms with Crippen molar-refractivity contribution >= 4 is 21.6 Å². The molecule has 6 nitrogen and oxygen atoms in total. The van der Waals surface area contributed by atoms with Gasteiger partial charge in [0.15, 0.2) is 5.60 Å². The topological polar surface area (TPSA) is 75.7 Å². The van der Waals surface area contributed by atoms with Crippen LogP contribution in [0, 0.1) is 0 Å². The molecule has 0 atom stereocenters. The van der Waals surface area contributed by atoms with Gasteiger partial charge in [-0.1, -0.05) is 6.42 Å². The van der Waals surface area contributed by atoms with E-state index in [4.69, 9.17) is 4.74 Å². The van der Waals surface area contributed by atoms with Crippen molar-refractivity contribution in [2.75, 3.05) is 18.4 Å². The highest BCUT2D eigenvalue weighted by atomic mass is 32.2. The van der Waals surface area contributed by atoms with Gasteiger partial charge in [-0.2, -0.15) is 4.31 Å². The number of carbonyl (C=O) groups excluding carboxylic acids is 1. The lowest BCUT2D eigenvalue weighted by molar-refractivity contribution is -0.129. The van der Waals surface area contributed by atoms with E-state index in [1.54, 1.807) is 19.9 Å². The molecule has 3 rings (SSSR count). The Bertz CT molecular complexity index is 706. The molecule has 1 aromatic rings. The van der Waals surface area contributed by atoms with E-state index in [-0.39, 0.29) is 10.8 Å². The molecule has 0 saturated carbocycles. The molecular formula is C15H20N2O4S. The second kappa shape index (κ2) is 5.24. The number of benzene rings is 1. The van der Waals surface area contributed by atoms with Crippen molar-refractivity contribution in [3.63, 3.8) is 0 Å². The average Bonchev–Trinajstić information content (AvgIpc) is 2.48. The fraction of sp³-hybridized carbons (Fsp3) is 0.533. The van der Waals surface area contributed by atoms with Crippen LogP contribution in [-0.4, -0.2) is 37.3 Å². The predicted molar refractivity (Wildman–Crippen MR) is 82.4 cm³/mol. The summed E-state index contributed by atoms with van der Waals surface area (Å²) in [7, 11) is -3.52. The molecule has 0 unspecified atom stereocenters. The quantitative estimate of drug-likeness (QED) is 0.902. The highest BCUT2D eigenvalue weighted by Crippen LogP contribution is 2.36. The van der Waals surface area contributed by atoms with Crippen molar-refractivity contribution in [1.82, 2.24) is 4.31 Å². The number of nitrogens with zero attached hydrogens (tertiary/aromatic N) is 1. The molecule has 2 heterocycles. The fourth-order valence-electron chi connectivity index (χ4n) is 2.70. The van der Waals surface area contributed by atoms with Crippen LogP contribution >= 0.6 is 0 Å². The van der Waals surface area contributed by atoms with Gasteiger partial charge in [-0.3, -0.25) is 4.79 Å². The summed E-state index contributed by atoms with van der Waals surface area (Å²) in [6, 6.07) is 4.62. The zero-order valence-corrected chi connectivity index (χ0v) is 13.6. The molecule has 0 aliphatic carbocycles. The highest BCUT2D eigenvalue weighted by molar-refractivity contribution is 7.89. The molecule has 22 heavy (non-hydrogen) atoms. The molecule has 0 bridgehead atoms. The van der Waals surface area contributed by atoms with Gasteiger partial charge < -0.3 is 10.1 Å². The number of hydrogen-bond acceptors (Lipinski definition) is 4. The van der Waals surface area contributed by atoms with Crippen LogP contribution < -0.4 is 10.1 Å². The number of carbonyl (C=O) groups is 1. The molecule has 0 radical (unpaired) electrons. The standard InChI is InChI=1S/C15H20N2O4S/c1-15(2)14(18)16-12-10-11(6-7-13(12)21-15)22(19,20)17-8-4-3-5-9-17/h6-7,10H,3-5,8-9H2,1-2H3,(H,16,18). The Morgan fingerprint density at radius 2 is 1.86 bits per heavy atom. The highest BCUT2D eigenvalue weighted by Gasteiger charge is 2.36. The van der Waals surface area contributed by atoms with Crippen molar-refractivity contribution < 1.29 is 17.9 Å². The first-order valence-electron chi connectivity index (χ1n) is 7.45. The van der Waals surface area contributed by atoms with E-state index >= 15 is 0 Å². The molecular weight excluding hydrogens is 304 g/mol. The molecule has 1 amide bonds. The summed E-state index contributed by atoms with van der Waals surface area (Å²) in [6.45, 7) is 4.44. The van der Waals surface area contributed by atoms with E-state index in [0.717, 1.165) is 19.3 Å². The Hall–Kier alpha value is -1.60. The second-order valence-electron chi connectivity index (χ2n) is 6.19. The van der Waals surface area contributed by atoms with Gasteiger partial charge in [0.1, 0.15) is 5.75 Å². The first-order valence-corrected chi connectivity index (χ1v) is 8.89. The lowest BCUT2D eigenvalue weighted by Crippen LogP contribution is -2.45. The van der Waals surface area contributed by atoms with Crippen LogP contribution in [0.3, 0.4) is 0 Å². The number of amides is 1. The molecule has 1 fully saturated rings. The maximum absolute atomic E-state index is 12.7. The van der Waals surface area contributed by atoms with Gasteiger partial charge in [0, 0.05) is 13.1 Å². The minimum atomic E-state index is -3.52. The van der Waals surface area contributed by atoms with Crippen LogP contribution in [0.15, 0.2) is 23.1 Å². The van der Waals surface area contributed by atoms with E-state index in [1.165, 1.54) is 16.4 Å². The first kappa shape index (κ1) is 15.3. The zero-order chi connectivity index (χ0) is 16.0. The van der Waals surface area contributed by atoms with Crippen LogP contribution in [0.25, 0.3) is 0 Å². The number of fused-ring (bicyclic) bond motifs is 1. The van der Waals surface area contributed by atoms with Crippen molar-refractivity contribution in [2.24, 2.45) is 0 Å². The lowest BCUT2D eigenvalue weighted by Gasteiger charge is -2.32. The van der Waals surface area contributed by atoms with Gasteiger partial charge in [0.2, 0.25) is 10.0 Å². The van der Waals surface area contributed by atoms with Gasteiger partial charge in [0.25, 0.3) is 5.91 Å². The SMILES string of the molecule is CC1(C)Oc2ccc(S(=O)(=O)N3CCCCC3)cc2NC1=O. The summed E-state index contributed by atoms with van der Waals surface area (Å²) in [5, 5.41) is 2.72. The first-order chi connectivity index (χ1) is 10.3. The number of piperidine rings is 1. The second-order valence-corrected chi connectivity index (χ2v) is 8.13. The third-order valence-electron chi connectivity index (χ3n) is 4.06. The molecule has 7 heteroatoms. The predicted octanol–water partition coefficient (Wildman–Crippen LogP) is 1.97. The minimum Gasteiger partial charge on any atom is -0.476 e. The summed E-state index contributed by atoms with van der Waals surface area (Å²) in [5.41, 5.74) is -0.553. The summed E-state index contributed by atoms with van der Waals surface area (Å²) >= 11 is 0. The molecule has 2 aliphatic rings. The Balaban J connectivity index is 1.94. The number of hydrogen-bond donors (Lipinski definition) is 1. The zero-order valence-electron chi connectivity index (χ0n) is 12.8. The number of sulfonamides is 1. The van der Waals surface area contributed by atoms with E-state index in [0.29, 0.717) is 24.5 Å². The number of ether oxygens (including phenoxy) is 1. The Kier molecular flexibility index (Phi) is 3.65. The number of rotatable bonds is 2. The number of nitrogens with one attached hydrogen (secondary N) is 1. The van der Waals surface area contributed by atoms with Crippen LogP contribution in [0.4, 0.5) is 5.69 Å². The Morgan fingerprint density at radius 1 is 1.18 bits per heavy atom. The van der Waals surface area contributed by atoms with Gasteiger partial charge in [0.05, 0.1) is 10.6 Å². The van der Waals surface area contributed by atoms with Gasteiger partial charge >= 0.3 is 0 Å². The van der Waals surface area contributed by atoms with Gasteiger partial charge in [-0.05, 0) is 44.9 Å². The largest absolute Gasteiger partial charge is 0.476 e. The van der Waals surface area contributed by atoms with E-state index in [2.05, 4.69) is 5.32 Å². The fourth-order valence-corrected chi connectivity index (χ4v) is 4.25. The summed E-state index contributed by atoms with van der Waals surface area (Å²) in [4.78, 5) is 12.1. The van der Waals surface area contributed by atoms with Crippen LogP contribution in [-0.2, 0) is 14.8 Å². The van der Waals surface area contributed by atoms with Crippen molar-refractivity contribution in [2.45, 2.75) is 43.6 Å². The van der Waals surface area contributed by atoms with E-state index in [1.807, 2.05) is 0 Å². The molecule has 2 aliphatic heterocycles. The average molecular weight is 324 g/mol. The summed E-state index contributed by atoms with van der Waals surface area (Å²) in [5.74, 6) is 0.203. The van der Waals surface area contributed by atoms with Crippen molar-refractivity contribution in [1.29, 1.82) is 0 Å². The molecule has 1 aromatic carbocycles. The Morgan fingerprint density at radius 3 is 2.55 bits per heavy atom. The van der Waals surface area contributed by atoms with Crippen LogP contribution in [0.2, 0.25) is 0 Å². The van der Waals surface area contributed by atoms with Crippen molar-refractivity contribution in [3.05, 3.63) is 18.2 Å². The molecule has 0 aromatic heterocycles. The van der Waals surface area contributed by atoms with Crippen LogP contribution in [0.1, 0.15) is 33.1 Å². The van der Waals surface area contributed by atoms with Gasteiger partial charge in [-0.25, -0.2) is 8.42 Å². The third kappa shape index (κ3) is 2.59. The lowest BCUT2D eigenvalue weighted by atomic mass is 10.1. The van der Waals surface area contributed by atoms with E-state index in [9.17, 15) is 13.2 Å². The maximum atomic E-state index is 12.7. The third-order valence-corrected chi connectivity index (χ3v) is 5.96. The van der Waals surface area contributed by atoms with Gasteiger partial charge in [-0.15, -0.1) is 0 Å². The molecule has 120 valence electrons. The van der Waals surface area contributed by atoms with Crippen molar-refractivity contribution in [3.8, 4) is 5.75 Å². The van der Waals surface area contributed by atoms with E-state index < -0.39 is 15.6 Å². The number of anilines is 1. The summed E-state index contributed by atoms with van der Waals surface area (Å²) in [6.07, 6.45) is 2.84. The van der Waals surface area contributed by atoms with Crippen LogP contribution in [0.5, 0.6) is 5.75 Å². The molecule has 1 N–H and O–H groups in total.